The summed E-state index contributed by atoms with van der Waals surface area (Å²) in [5.41, 5.74) is 8.31. The van der Waals surface area contributed by atoms with Crippen LogP contribution in [0.5, 0.6) is 0 Å². The molecule has 6 rings (SSSR count). The van der Waals surface area contributed by atoms with Gasteiger partial charge in [0.2, 0.25) is 0 Å². The van der Waals surface area contributed by atoms with Gasteiger partial charge in [-0.2, -0.15) is 10.2 Å². The van der Waals surface area contributed by atoms with Crippen molar-refractivity contribution in [3.63, 3.8) is 0 Å². The van der Waals surface area contributed by atoms with Gasteiger partial charge in [-0.1, -0.05) is 84.9 Å². The Morgan fingerprint density at radius 1 is 0.868 bits per heavy atom. The van der Waals surface area contributed by atoms with Crippen LogP contribution >= 0.6 is 0 Å². The van der Waals surface area contributed by atoms with E-state index < -0.39 is 0 Å². The van der Waals surface area contributed by atoms with Crippen LogP contribution in [0, 0.1) is 0 Å². The van der Waals surface area contributed by atoms with Crippen molar-refractivity contribution in [2.24, 2.45) is 10.2 Å². The number of nitrogens with one attached hydrogen (secondary N) is 1. The second kappa shape index (κ2) is 10.5. The minimum atomic E-state index is -0.302. The molecule has 0 radical (unpaired) electrons. The molecule has 0 spiro atoms. The molecule has 0 aliphatic carbocycles. The van der Waals surface area contributed by atoms with E-state index in [1.807, 2.05) is 30.3 Å². The standard InChI is InChI=1S/C32H25N5O/c38-32(26-12-7-19-33-22-26)35-34-21-23-15-17-27(18-16-23)37-31(20-30(36-37)25-9-2-1-3-10-25)29-14-6-11-24-8-4-5-13-28(24)29/h1-19,21-22,31H,20H2,(H,35,38)/b34-21-/t31-/m1/s1. The number of carbonyl (C=O) groups excluding carboxylic acids is 1. The Hall–Kier alpha value is -5.10. The van der Waals surface area contributed by atoms with Crippen LogP contribution in [-0.2, 0) is 0 Å². The van der Waals surface area contributed by atoms with Crippen molar-refractivity contribution in [1.29, 1.82) is 0 Å². The fourth-order valence-corrected chi connectivity index (χ4v) is 4.78. The van der Waals surface area contributed by atoms with E-state index in [1.54, 1.807) is 24.5 Å². The van der Waals surface area contributed by atoms with E-state index in [9.17, 15) is 4.79 Å². The Balaban J connectivity index is 1.28. The van der Waals surface area contributed by atoms with Gasteiger partial charge in [-0.3, -0.25) is 14.8 Å². The second-order valence-electron chi connectivity index (χ2n) is 9.08. The molecule has 1 amide bonds. The molecule has 0 saturated carbocycles. The zero-order chi connectivity index (χ0) is 25.7. The molecule has 6 heteroatoms. The highest BCUT2D eigenvalue weighted by molar-refractivity contribution is 6.04. The Kier molecular flexibility index (Phi) is 6.43. The molecule has 1 aromatic heterocycles. The fraction of sp³-hybridized carbons (Fsp3) is 0.0625. The number of carbonyl (C=O) groups is 1. The van der Waals surface area contributed by atoms with E-state index in [0.717, 1.165) is 28.9 Å². The maximum atomic E-state index is 12.2. The van der Waals surface area contributed by atoms with Gasteiger partial charge >= 0.3 is 0 Å². The molecule has 38 heavy (non-hydrogen) atoms. The summed E-state index contributed by atoms with van der Waals surface area (Å²) in [5, 5.41) is 13.8. The normalized spacial score (nSPS) is 15.1. The maximum absolute atomic E-state index is 12.2. The first-order chi connectivity index (χ1) is 18.8. The molecule has 1 aliphatic rings. The number of amides is 1. The van der Waals surface area contributed by atoms with Crippen LogP contribution in [0.4, 0.5) is 5.69 Å². The van der Waals surface area contributed by atoms with Crippen molar-refractivity contribution < 1.29 is 4.79 Å². The average Bonchev–Trinajstić information content (AvgIpc) is 3.43. The molecule has 0 bridgehead atoms. The molecular weight excluding hydrogens is 470 g/mol. The summed E-state index contributed by atoms with van der Waals surface area (Å²) in [5.74, 6) is -0.302. The highest BCUT2D eigenvalue weighted by Crippen LogP contribution is 2.39. The summed E-state index contributed by atoms with van der Waals surface area (Å²) >= 11 is 0. The number of hydrogen-bond acceptors (Lipinski definition) is 5. The van der Waals surface area contributed by atoms with E-state index in [1.165, 1.54) is 22.5 Å². The van der Waals surface area contributed by atoms with Gasteiger partial charge in [-0.15, -0.1) is 0 Å². The lowest BCUT2D eigenvalue weighted by atomic mass is 9.94. The molecule has 4 aromatic carbocycles. The Labute approximate surface area is 221 Å². The van der Waals surface area contributed by atoms with Crippen molar-refractivity contribution in [3.05, 3.63) is 144 Å². The number of fused-ring (bicyclic) bond motifs is 1. The van der Waals surface area contributed by atoms with Crippen LogP contribution in [0.2, 0.25) is 0 Å². The first kappa shape index (κ1) is 23.3. The minimum absolute atomic E-state index is 0.0644. The van der Waals surface area contributed by atoms with Crippen molar-refractivity contribution >= 4 is 34.3 Å². The topological polar surface area (TPSA) is 70.0 Å². The first-order valence-corrected chi connectivity index (χ1v) is 12.5. The number of benzene rings is 4. The zero-order valence-electron chi connectivity index (χ0n) is 20.6. The van der Waals surface area contributed by atoms with Gasteiger partial charge in [0.05, 0.1) is 29.2 Å². The predicted molar refractivity (Wildman–Crippen MR) is 153 cm³/mol. The number of anilines is 1. The number of rotatable bonds is 6. The molecule has 0 saturated heterocycles. The number of aromatic nitrogens is 1. The van der Waals surface area contributed by atoms with Gasteiger partial charge in [0, 0.05) is 18.8 Å². The Bertz CT molecular complexity index is 1620. The van der Waals surface area contributed by atoms with E-state index in [-0.39, 0.29) is 11.9 Å². The van der Waals surface area contributed by atoms with E-state index in [2.05, 4.69) is 87.3 Å². The molecule has 0 unspecified atom stereocenters. The molecule has 1 N–H and O–H groups in total. The lowest BCUT2D eigenvalue weighted by molar-refractivity contribution is 0.0955. The number of hydrogen-bond donors (Lipinski definition) is 1. The van der Waals surface area contributed by atoms with Gasteiger partial charge in [-0.25, -0.2) is 5.43 Å². The first-order valence-electron chi connectivity index (χ1n) is 12.5. The quantitative estimate of drug-likeness (QED) is 0.220. The summed E-state index contributed by atoms with van der Waals surface area (Å²) in [6, 6.07) is 36.8. The minimum Gasteiger partial charge on any atom is -0.267 e. The number of nitrogens with zero attached hydrogens (tertiary/aromatic N) is 4. The van der Waals surface area contributed by atoms with Crippen LogP contribution in [0.15, 0.2) is 132 Å². The largest absolute Gasteiger partial charge is 0.272 e. The van der Waals surface area contributed by atoms with Gasteiger partial charge in [-0.05, 0) is 51.7 Å². The molecule has 1 atom stereocenters. The lowest BCUT2D eigenvalue weighted by Gasteiger charge is -2.25. The highest BCUT2D eigenvalue weighted by atomic mass is 16.2. The molecule has 2 heterocycles. The molecule has 6 nitrogen and oxygen atoms in total. The van der Waals surface area contributed by atoms with Crippen molar-refractivity contribution in [3.8, 4) is 0 Å². The van der Waals surface area contributed by atoms with Crippen LogP contribution < -0.4 is 10.4 Å². The van der Waals surface area contributed by atoms with Crippen LogP contribution in [0.1, 0.15) is 39.5 Å². The molecule has 5 aromatic rings. The Morgan fingerprint density at radius 3 is 2.47 bits per heavy atom. The third kappa shape index (κ3) is 4.80. The molecule has 1 aliphatic heterocycles. The van der Waals surface area contributed by atoms with Crippen molar-refractivity contribution in [1.82, 2.24) is 10.4 Å². The monoisotopic (exact) mass is 495 g/mol. The summed E-state index contributed by atoms with van der Waals surface area (Å²) in [7, 11) is 0. The second-order valence-corrected chi connectivity index (χ2v) is 9.08. The average molecular weight is 496 g/mol. The van der Waals surface area contributed by atoms with E-state index in [4.69, 9.17) is 5.10 Å². The maximum Gasteiger partial charge on any atom is 0.272 e. The summed E-state index contributed by atoms with van der Waals surface area (Å²) in [4.78, 5) is 16.1. The molecular formula is C32H25N5O. The van der Waals surface area contributed by atoms with Crippen LogP contribution in [0.25, 0.3) is 10.8 Å². The van der Waals surface area contributed by atoms with E-state index in [0.29, 0.717) is 5.56 Å². The summed E-state index contributed by atoms with van der Waals surface area (Å²) in [6.07, 6.45) is 5.57. The third-order valence-electron chi connectivity index (χ3n) is 6.66. The van der Waals surface area contributed by atoms with Gasteiger partial charge in [0.25, 0.3) is 5.91 Å². The van der Waals surface area contributed by atoms with Crippen LogP contribution in [-0.4, -0.2) is 22.8 Å². The van der Waals surface area contributed by atoms with Crippen LogP contribution in [0.3, 0.4) is 0 Å². The third-order valence-corrected chi connectivity index (χ3v) is 6.66. The molecule has 184 valence electrons. The lowest BCUT2D eigenvalue weighted by Crippen LogP contribution is -2.19. The zero-order valence-corrected chi connectivity index (χ0v) is 20.6. The summed E-state index contributed by atoms with van der Waals surface area (Å²) < 4.78 is 0. The van der Waals surface area contributed by atoms with Gasteiger partial charge < -0.3 is 0 Å². The number of pyridine rings is 1. The highest BCUT2D eigenvalue weighted by Gasteiger charge is 2.30. The number of hydrazone groups is 2. The van der Waals surface area contributed by atoms with Crippen molar-refractivity contribution in [2.75, 3.05) is 5.01 Å². The molecule has 0 fully saturated rings. The Morgan fingerprint density at radius 2 is 1.66 bits per heavy atom. The predicted octanol–water partition coefficient (Wildman–Crippen LogP) is 6.35. The van der Waals surface area contributed by atoms with Gasteiger partial charge in [0.1, 0.15) is 0 Å². The fourth-order valence-electron chi connectivity index (χ4n) is 4.78. The SMILES string of the molecule is O=C(N/N=C\c1ccc(N2N=C(c3ccccc3)C[C@@H]2c2cccc3ccccc23)cc1)c1cccnc1. The summed E-state index contributed by atoms with van der Waals surface area (Å²) in [6.45, 7) is 0. The smallest absolute Gasteiger partial charge is 0.267 e. The van der Waals surface area contributed by atoms with E-state index >= 15 is 0 Å². The van der Waals surface area contributed by atoms with Gasteiger partial charge in [0.15, 0.2) is 0 Å². The van der Waals surface area contributed by atoms with Crippen molar-refractivity contribution in [2.45, 2.75) is 12.5 Å².